The zero-order chi connectivity index (χ0) is 20.3. The minimum Gasteiger partial charge on any atom is -0.343 e. The fraction of sp³-hybridized carbons (Fsp3) is 0.870. The number of rotatable bonds is 3. The van der Waals surface area contributed by atoms with Crippen LogP contribution >= 0.6 is 15.9 Å². The molecule has 3 fully saturated rings. The highest BCUT2D eigenvalue weighted by Crippen LogP contribution is 2.64. The molecule has 7 atom stereocenters. The van der Waals surface area contributed by atoms with Gasteiger partial charge in [0.1, 0.15) is 4.83 Å². The molecule has 1 heterocycles. The third-order valence-electron chi connectivity index (χ3n) is 9.10. The Bertz CT molecular complexity index is 703. The van der Waals surface area contributed by atoms with Crippen LogP contribution in [-0.2, 0) is 9.59 Å². The van der Waals surface area contributed by atoms with E-state index in [0.717, 1.165) is 51.0 Å². The van der Waals surface area contributed by atoms with Crippen molar-refractivity contribution in [2.45, 2.75) is 71.0 Å². The highest BCUT2D eigenvalue weighted by Gasteiger charge is 2.61. The number of ketones is 1. The molecule has 28 heavy (non-hydrogen) atoms. The first kappa shape index (κ1) is 20.6. The maximum absolute atomic E-state index is 13.3. The van der Waals surface area contributed by atoms with Gasteiger partial charge in [0.2, 0.25) is 5.91 Å². The van der Waals surface area contributed by atoms with Gasteiger partial charge in [0.05, 0.1) is 0 Å². The van der Waals surface area contributed by atoms with Crippen LogP contribution < -0.4 is 0 Å². The molecule has 0 radical (unpaired) electrons. The number of Topliss-reactive ketones (excluding diaryl/α,β-unsaturated/α-hetero) is 1. The molecule has 4 aliphatic rings. The lowest BCUT2D eigenvalue weighted by Gasteiger charge is -2.57. The van der Waals surface area contributed by atoms with Gasteiger partial charge in [-0.2, -0.15) is 0 Å². The number of fused-ring (bicyclic) bond motifs is 5. The van der Waals surface area contributed by atoms with E-state index in [1.807, 2.05) is 4.90 Å². The van der Waals surface area contributed by atoms with Crippen LogP contribution in [0.4, 0.5) is 0 Å². The zero-order valence-corrected chi connectivity index (χ0v) is 19.4. The molecule has 4 rings (SSSR count). The Hall–Kier alpha value is -0.710. The predicted octanol–water partition coefficient (Wildman–Crippen LogP) is 4.50. The maximum Gasteiger partial charge on any atom is 0.226 e. The van der Waals surface area contributed by atoms with Crippen molar-refractivity contribution < 1.29 is 9.59 Å². The number of hydrogen-bond donors (Lipinski definition) is 0. The Morgan fingerprint density at radius 3 is 2.54 bits per heavy atom. The number of carbonyl (C=O) groups is 2. The highest BCUT2D eigenvalue weighted by atomic mass is 79.9. The summed E-state index contributed by atoms with van der Waals surface area (Å²) < 4.78 is 0. The Morgan fingerprint density at radius 1 is 1.14 bits per heavy atom. The Balaban J connectivity index is 1.62. The highest BCUT2D eigenvalue weighted by molar-refractivity contribution is 9.10. The van der Waals surface area contributed by atoms with Crippen molar-refractivity contribution in [3.63, 3.8) is 0 Å². The van der Waals surface area contributed by atoms with E-state index >= 15 is 0 Å². The average Bonchev–Trinajstić information content (AvgIpc) is 3.03. The number of carbonyl (C=O) groups excluding carboxylic acids is 2. The van der Waals surface area contributed by atoms with Crippen molar-refractivity contribution in [1.82, 2.24) is 4.90 Å². The van der Waals surface area contributed by atoms with Crippen molar-refractivity contribution in [1.29, 1.82) is 0 Å². The van der Waals surface area contributed by atoms with Crippen molar-refractivity contribution in [2.24, 2.45) is 39.5 Å². The normalized spacial score (nSPS) is 45.0. The summed E-state index contributed by atoms with van der Waals surface area (Å²) in [6.07, 6.45) is 6.11. The van der Waals surface area contributed by atoms with E-state index < -0.39 is 0 Å². The summed E-state index contributed by atoms with van der Waals surface area (Å²) in [6, 6.07) is 0. The molecule has 0 spiro atoms. The van der Waals surface area contributed by atoms with Crippen LogP contribution in [0.15, 0.2) is 4.99 Å². The summed E-state index contributed by atoms with van der Waals surface area (Å²) in [7, 11) is 0. The van der Waals surface area contributed by atoms with Gasteiger partial charge in [0.15, 0.2) is 5.78 Å². The van der Waals surface area contributed by atoms with E-state index in [9.17, 15) is 9.59 Å². The van der Waals surface area contributed by atoms with E-state index in [1.54, 1.807) is 0 Å². The minimum absolute atomic E-state index is 0.0489. The molecule has 156 valence electrons. The Kier molecular flexibility index (Phi) is 5.29. The lowest BCUT2D eigenvalue weighted by Crippen LogP contribution is -2.57. The van der Waals surface area contributed by atoms with Gasteiger partial charge in [-0.05, 0) is 69.1 Å². The monoisotopic (exact) mass is 450 g/mol. The summed E-state index contributed by atoms with van der Waals surface area (Å²) in [5, 5.41) is 0. The minimum atomic E-state index is -0.180. The summed E-state index contributed by atoms with van der Waals surface area (Å²) in [5.41, 5.74) is 1.28. The van der Waals surface area contributed by atoms with Crippen LogP contribution in [-0.4, -0.2) is 46.8 Å². The van der Waals surface area contributed by atoms with E-state index in [1.165, 1.54) is 6.42 Å². The van der Waals surface area contributed by atoms with Crippen LogP contribution in [0.1, 0.15) is 66.2 Å². The van der Waals surface area contributed by atoms with Crippen LogP contribution in [0.25, 0.3) is 0 Å². The molecule has 0 saturated heterocycles. The Labute approximate surface area is 178 Å². The number of nitrogens with zero attached hydrogens (tertiary/aromatic N) is 2. The molecule has 1 amide bonds. The van der Waals surface area contributed by atoms with Gasteiger partial charge in [0.25, 0.3) is 0 Å². The second kappa shape index (κ2) is 7.21. The number of alkyl halides is 1. The molecule has 4 nitrogen and oxygen atoms in total. The van der Waals surface area contributed by atoms with Gasteiger partial charge in [-0.1, -0.05) is 29.8 Å². The molecular formula is C23H35BrN2O2. The van der Waals surface area contributed by atoms with Gasteiger partial charge in [-0.25, -0.2) is 0 Å². The molecule has 4 unspecified atom stereocenters. The molecule has 0 N–H and O–H groups in total. The molecule has 0 bridgehead atoms. The fourth-order valence-electron chi connectivity index (χ4n) is 7.41. The first-order chi connectivity index (χ1) is 13.3. The van der Waals surface area contributed by atoms with Gasteiger partial charge >= 0.3 is 0 Å². The first-order valence-corrected chi connectivity index (χ1v) is 12.2. The molecule has 1 aliphatic heterocycles. The number of hydrogen-bond acceptors (Lipinski definition) is 3. The first-order valence-electron chi connectivity index (χ1n) is 11.3. The molecule has 0 aromatic heterocycles. The largest absolute Gasteiger partial charge is 0.343 e. The molecule has 0 aromatic rings. The lowest BCUT2D eigenvalue weighted by molar-refractivity contribution is -0.141. The Morgan fingerprint density at radius 2 is 1.86 bits per heavy atom. The second-order valence-corrected chi connectivity index (χ2v) is 10.9. The van der Waals surface area contributed by atoms with Gasteiger partial charge in [-0.3, -0.25) is 14.6 Å². The van der Waals surface area contributed by atoms with E-state index in [4.69, 9.17) is 4.99 Å². The fourth-order valence-corrected chi connectivity index (χ4v) is 8.31. The van der Waals surface area contributed by atoms with Crippen LogP contribution in [0.5, 0.6) is 0 Å². The third kappa shape index (κ3) is 2.78. The predicted molar refractivity (Wildman–Crippen MR) is 116 cm³/mol. The molecule has 3 saturated carbocycles. The van der Waals surface area contributed by atoms with Crippen LogP contribution in [0, 0.1) is 34.5 Å². The standard InChI is InChI=1S/C23H35BrN2O2/c1-5-26(6-2)21(28)17-8-7-15-14-13-25-20-19(24)18(27)10-12-23(20,4)16(14)9-11-22(15,17)3/h14-17,19H,5-13H2,1-4H3/t14?,15?,16?,17-,19?,22+,23-/m1/s1. The molecule has 0 aromatic carbocycles. The number of halogens is 1. The van der Waals surface area contributed by atoms with Crippen molar-refractivity contribution in [3.8, 4) is 0 Å². The van der Waals surface area contributed by atoms with Gasteiger partial charge < -0.3 is 4.90 Å². The molecular weight excluding hydrogens is 416 g/mol. The quantitative estimate of drug-likeness (QED) is 0.594. The van der Waals surface area contributed by atoms with Crippen LogP contribution in [0.2, 0.25) is 0 Å². The van der Waals surface area contributed by atoms with Crippen molar-refractivity contribution in [3.05, 3.63) is 0 Å². The van der Waals surface area contributed by atoms with Gasteiger partial charge in [-0.15, -0.1) is 0 Å². The molecule has 3 aliphatic carbocycles. The topological polar surface area (TPSA) is 49.7 Å². The summed E-state index contributed by atoms with van der Waals surface area (Å²) in [5.74, 6) is 2.60. The van der Waals surface area contributed by atoms with E-state index in [2.05, 4.69) is 43.6 Å². The summed E-state index contributed by atoms with van der Waals surface area (Å²) in [4.78, 5) is 32.4. The molecule has 5 heteroatoms. The SMILES string of the molecule is CCN(CC)C(=O)[C@H]1CCC2C3CN=C4C(Br)C(=O)CC[C@]4(C)C3CC[C@@]21C. The smallest absolute Gasteiger partial charge is 0.226 e. The lowest BCUT2D eigenvalue weighted by atomic mass is 9.49. The van der Waals surface area contributed by atoms with Crippen molar-refractivity contribution in [2.75, 3.05) is 19.6 Å². The number of aliphatic imine (C=N–C) groups is 1. The zero-order valence-electron chi connectivity index (χ0n) is 17.8. The summed E-state index contributed by atoms with van der Waals surface area (Å²) in [6.45, 7) is 11.4. The van der Waals surface area contributed by atoms with Crippen molar-refractivity contribution >= 4 is 33.3 Å². The number of amides is 1. The van der Waals surface area contributed by atoms with E-state index in [0.29, 0.717) is 35.9 Å². The van der Waals surface area contributed by atoms with Gasteiger partial charge in [0, 0.05) is 43.1 Å². The maximum atomic E-state index is 13.3. The van der Waals surface area contributed by atoms with Crippen LogP contribution in [0.3, 0.4) is 0 Å². The summed E-state index contributed by atoms with van der Waals surface area (Å²) >= 11 is 3.64. The third-order valence-corrected chi connectivity index (χ3v) is 10.0. The average molecular weight is 451 g/mol. The second-order valence-electron chi connectivity index (χ2n) is 10.0. The van der Waals surface area contributed by atoms with E-state index in [-0.39, 0.29) is 21.6 Å².